The van der Waals surface area contributed by atoms with Crippen LogP contribution in [-0.2, 0) is 4.79 Å². The predicted octanol–water partition coefficient (Wildman–Crippen LogP) is 4.02. The first kappa shape index (κ1) is 15.5. The predicted molar refractivity (Wildman–Crippen MR) is 83.6 cm³/mol. The molecular formula is C15H13Cl2NO3. The molecule has 0 aliphatic carbocycles. The fourth-order valence-electron chi connectivity index (χ4n) is 1.61. The minimum absolute atomic E-state index is 0.145. The number of carbonyl (C=O) groups is 1. The molecule has 0 heterocycles. The molecule has 1 amide bonds. The highest BCUT2D eigenvalue weighted by molar-refractivity contribution is 6.39. The number of nitrogens with one attached hydrogen (secondary N) is 1. The van der Waals surface area contributed by atoms with Gasteiger partial charge in [-0.15, -0.1) is 0 Å². The van der Waals surface area contributed by atoms with Crippen molar-refractivity contribution in [1.29, 1.82) is 0 Å². The van der Waals surface area contributed by atoms with Gasteiger partial charge in [-0.3, -0.25) is 4.79 Å². The molecule has 0 fully saturated rings. The van der Waals surface area contributed by atoms with Crippen LogP contribution in [0, 0.1) is 0 Å². The average Bonchev–Trinajstić information content (AvgIpc) is 2.49. The fourth-order valence-corrected chi connectivity index (χ4v) is 2.11. The Morgan fingerprint density at radius 3 is 2.19 bits per heavy atom. The highest BCUT2D eigenvalue weighted by Gasteiger charge is 2.10. The van der Waals surface area contributed by atoms with E-state index < -0.39 is 0 Å². The molecule has 110 valence electrons. The zero-order valence-electron chi connectivity index (χ0n) is 11.2. The van der Waals surface area contributed by atoms with Gasteiger partial charge in [0.25, 0.3) is 5.91 Å². The zero-order valence-corrected chi connectivity index (χ0v) is 12.7. The third-order valence-corrected chi connectivity index (χ3v) is 3.29. The van der Waals surface area contributed by atoms with Crippen molar-refractivity contribution in [3.05, 3.63) is 52.5 Å². The molecule has 0 radical (unpaired) electrons. The molecule has 0 saturated heterocycles. The zero-order chi connectivity index (χ0) is 15.2. The minimum Gasteiger partial charge on any atom is -0.497 e. The molecule has 6 heteroatoms. The number of ether oxygens (including phenoxy) is 2. The first-order chi connectivity index (χ1) is 10.1. The van der Waals surface area contributed by atoms with Crippen LogP contribution in [0.4, 0.5) is 5.69 Å². The number of hydrogen-bond acceptors (Lipinski definition) is 3. The molecule has 0 aromatic heterocycles. The highest BCUT2D eigenvalue weighted by Crippen LogP contribution is 2.29. The maximum Gasteiger partial charge on any atom is 0.262 e. The van der Waals surface area contributed by atoms with Crippen LogP contribution in [0.2, 0.25) is 10.0 Å². The lowest BCUT2D eigenvalue weighted by atomic mass is 10.3. The molecule has 0 spiro atoms. The average molecular weight is 326 g/mol. The molecule has 2 aromatic carbocycles. The summed E-state index contributed by atoms with van der Waals surface area (Å²) in [5.41, 5.74) is 0.379. The second kappa shape index (κ2) is 7.20. The molecule has 2 aromatic rings. The van der Waals surface area contributed by atoms with E-state index in [2.05, 4.69) is 5.32 Å². The number of rotatable bonds is 5. The van der Waals surface area contributed by atoms with E-state index in [-0.39, 0.29) is 12.5 Å². The van der Waals surface area contributed by atoms with Crippen molar-refractivity contribution >= 4 is 34.8 Å². The molecule has 2 rings (SSSR count). The van der Waals surface area contributed by atoms with Gasteiger partial charge in [0.2, 0.25) is 0 Å². The van der Waals surface area contributed by atoms with Crippen LogP contribution in [0.5, 0.6) is 11.5 Å². The number of anilines is 1. The van der Waals surface area contributed by atoms with Crippen molar-refractivity contribution in [3.8, 4) is 11.5 Å². The largest absolute Gasteiger partial charge is 0.497 e. The quantitative estimate of drug-likeness (QED) is 0.903. The normalized spacial score (nSPS) is 10.0. The summed E-state index contributed by atoms with van der Waals surface area (Å²) in [7, 11) is 1.58. The molecule has 0 saturated carbocycles. The Morgan fingerprint density at radius 2 is 1.62 bits per heavy atom. The van der Waals surface area contributed by atoms with E-state index in [1.807, 2.05) is 0 Å². The van der Waals surface area contributed by atoms with Crippen LogP contribution in [0.25, 0.3) is 0 Å². The van der Waals surface area contributed by atoms with E-state index >= 15 is 0 Å². The van der Waals surface area contributed by atoms with Crippen molar-refractivity contribution in [2.45, 2.75) is 0 Å². The minimum atomic E-state index is -0.346. The number of carbonyl (C=O) groups excluding carboxylic acids is 1. The third kappa shape index (κ3) is 4.28. The fraction of sp³-hybridized carbons (Fsp3) is 0.133. The molecule has 0 bridgehead atoms. The number of halogens is 2. The van der Waals surface area contributed by atoms with Gasteiger partial charge in [-0.2, -0.15) is 0 Å². The second-order valence-corrected chi connectivity index (χ2v) is 4.92. The Labute approximate surface area is 132 Å². The van der Waals surface area contributed by atoms with Gasteiger partial charge in [-0.25, -0.2) is 0 Å². The summed E-state index contributed by atoms with van der Waals surface area (Å²) in [4.78, 5) is 11.8. The molecule has 0 aliphatic rings. The van der Waals surface area contributed by atoms with E-state index in [0.29, 0.717) is 21.5 Å². The lowest BCUT2D eigenvalue weighted by Gasteiger charge is -2.10. The van der Waals surface area contributed by atoms with Crippen molar-refractivity contribution < 1.29 is 14.3 Å². The van der Waals surface area contributed by atoms with Crippen LogP contribution < -0.4 is 14.8 Å². The van der Waals surface area contributed by atoms with Crippen LogP contribution in [0.15, 0.2) is 42.5 Å². The molecule has 0 unspecified atom stereocenters. The van der Waals surface area contributed by atoms with Crippen LogP contribution >= 0.6 is 23.2 Å². The molecule has 1 N–H and O–H groups in total. The Balaban J connectivity index is 1.92. The topological polar surface area (TPSA) is 47.6 Å². The lowest BCUT2D eigenvalue weighted by molar-refractivity contribution is -0.118. The number of benzene rings is 2. The van der Waals surface area contributed by atoms with Gasteiger partial charge >= 0.3 is 0 Å². The first-order valence-electron chi connectivity index (χ1n) is 6.11. The summed E-state index contributed by atoms with van der Waals surface area (Å²) >= 11 is 11.9. The van der Waals surface area contributed by atoms with E-state index in [4.69, 9.17) is 32.7 Å². The summed E-state index contributed by atoms with van der Waals surface area (Å²) in [5.74, 6) is 0.937. The Hall–Kier alpha value is -1.91. The van der Waals surface area contributed by atoms with Gasteiger partial charge in [-0.05, 0) is 36.4 Å². The van der Waals surface area contributed by atoms with Crippen molar-refractivity contribution in [2.75, 3.05) is 19.0 Å². The number of hydrogen-bond donors (Lipinski definition) is 1. The van der Waals surface area contributed by atoms with Gasteiger partial charge in [0.05, 0.1) is 22.8 Å². The summed E-state index contributed by atoms with van der Waals surface area (Å²) in [6, 6.07) is 11.9. The highest BCUT2D eigenvalue weighted by atomic mass is 35.5. The Morgan fingerprint density at radius 1 is 1.05 bits per heavy atom. The van der Waals surface area contributed by atoms with Gasteiger partial charge in [-0.1, -0.05) is 29.3 Å². The van der Waals surface area contributed by atoms with Crippen molar-refractivity contribution in [1.82, 2.24) is 0 Å². The van der Waals surface area contributed by atoms with E-state index in [9.17, 15) is 4.79 Å². The van der Waals surface area contributed by atoms with Crippen molar-refractivity contribution in [2.24, 2.45) is 0 Å². The summed E-state index contributed by atoms with van der Waals surface area (Å²) in [6.07, 6.45) is 0. The van der Waals surface area contributed by atoms with Crippen LogP contribution in [0.3, 0.4) is 0 Å². The van der Waals surface area contributed by atoms with Gasteiger partial charge in [0.15, 0.2) is 6.61 Å². The van der Waals surface area contributed by atoms with E-state index in [0.717, 1.165) is 5.75 Å². The lowest BCUT2D eigenvalue weighted by Crippen LogP contribution is -2.20. The molecule has 4 nitrogen and oxygen atoms in total. The second-order valence-electron chi connectivity index (χ2n) is 4.11. The SMILES string of the molecule is COc1ccc(OCC(=O)Nc2c(Cl)cccc2Cl)cc1. The maximum atomic E-state index is 11.8. The van der Waals surface area contributed by atoms with E-state index in [1.165, 1.54) is 0 Å². The summed E-state index contributed by atoms with van der Waals surface area (Å²) in [6.45, 7) is -0.145. The van der Waals surface area contributed by atoms with Crippen LogP contribution in [0.1, 0.15) is 0 Å². The molecule has 0 atom stereocenters. The Bertz CT molecular complexity index is 609. The standard InChI is InChI=1S/C15H13Cl2NO3/c1-20-10-5-7-11(8-6-10)21-9-14(19)18-15-12(16)3-2-4-13(15)17/h2-8H,9H2,1H3,(H,18,19). The summed E-state index contributed by atoms with van der Waals surface area (Å²) in [5, 5.41) is 3.37. The van der Waals surface area contributed by atoms with Gasteiger partial charge < -0.3 is 14.8 Å². The van der Waals surface area contributed by atoms with Gasteiger partial charge in [0, 0.05) is 0 Å². The smallest absolute Gasteiger partial charge is 0.262 e. The van der Waals surface area contributed by atoms with Crippen LogP contribution in [-0.4, -0.2) is 19.6 Å². The maximum absolute atomic E-state index is 11.8. The number of amides is 1. The van der Waals surface area contributed by atoms with Crippen molar-refractivity contribution in [3.63, 3.8) is 0 Å². The van der Waals surface area contributed by atoms with E-state index in [1.54, 1.807) is 49.6 Å². The number of para-hydroxylation sites is 1. The van der Waals surface area contributed by atoms with Gasteiger partial charge in [0.1, 0.15) is 11.5 Å². The molecule has 21 heavy (non-hydrogen) atoms. The summed E-state index contributed by atoms with van der Waals surface area (Å²) < 4.78 is 10.4. The third-order valence-electron chi connectivity index (χ3n) is 2.66. The Kier molecular flexibility index (Phi) is 5.31. The molecule has 0 aliphatic heterocycles. The molecular weight excluding hydrogens is 313 g/mol. The number of methoxy groups -OCH3 is 1. The first-order valence-corrected chi connectivity index (χ1v) is 6.86. The monoisotopic (exact) mass is 325 g/mol.